The Morgan fingerprint density at radius 1 is 1.15 bits per heavy atom. The van der Waals surface area contributed by atoms with Crippen molar-refractivity contribution in [3.05, 3.63) is 64.1 Å². The Bertz CT molecular complexity index is 1140. The Balaban J connectivity index is 1.75. The summed E-state index contributed by atoms with van der Waals surface area (Å²) in [6.45, 7) is 0.387. The molecule has 1 aromatic carbocycles. The second-order valence-electron chi connectivity index (χ2n) is 6.59. The number of benzene rings is 1. The molecule has 0 saturated carbocycles. The van der Waals surface area contributed by atoms with Crippen molar-refractivity contribution in [3.8, 4) is 28.8 Å². The molecule has 0 radical (unpaired) electrons. The van der Waals surface area contributed by atoms with Gasteiger partial charge in [0.25, 0.3) is 0 Å². The van der Waals surface area contributed by atoms with Crippen LogP contribution in [0.5, 0.6) is 17.4 Å². The van der Waals surface area contributed by atoms with Crippen LogP contribution in [0.15, 0.2) is 42.7 Å². The van der Waals surface area contributed by atoms with E-state index in [0.29, 0.717) is 29.0 Å². The van der Waals surface area contributed by atoms with E-state index in [-0.39, 0.29) is 36.4 Å². The third-order valence-corrected chi connectivity index (χ3v) is 4.41. The number of rotatable bonds is 10. The monoisotopic (exact) mass is 455 g/mol. The lowest BCUT2D eigenvalue weighted by molar-refractivity contribution is -0.385. The van der Waals surface area contributed by atoms with Crippen LogP contribution in [-0.4, -0.2) is 46.8 Å². The zero-order valence-corrected chi connectivity index (χ0v) is 17.9. The molecule has 2 N–H and O–H groups in total. The van der Waals surface area contributed by atoms with Crippen LogP contribution in [0.3, 0.4) is 0 Å². The summed E-state index contributed by atoms with van der Waals surface area (Å²) in [5.41, 5.74) is 6.31. The number of nitrogens with zero attached hydrogens (tertiary/aromatic N) is 4. The Morgan fingerprint density at radius 2 is 1.91 bits per heavy atom. The summed E-state index contributed by atoms with van der Waals surface area (Å²) in [6.07, 6.45) is 2.34. The minimum Gasteiger partial charge on any atom is -0.494 e. The molecule has 0 atom stereocenters. The van der Waals surface area contributed by atoms with Gasteiger partial charge in [0.05, 0.1) is 56.0 Å². The van der Waals surface area contributed by atoms with Gasteiger partial charge in [-0.3, -0.25) is 10.1 Å². The van der Waals surface area contributed by atoms with Crippen molar-refractivity contribution in [2.24, 2.45) is 5.73 Å². The van der Waals surface area contributed by atoms with Crippen LogP contribution in [0.2, 0.25) is 0 Å². The molecule has 2 heterocycles. The number of methoxy groups -OCH3 is 2. The van der Waals surface area contributed by atoms with Gasteiger partial charge in [-0.1, -0.05) is 6.07 Å². The summed E-state index contributed by atoms with van der Waals surface area (Å²) in [5, 5.41) is 11.6. The molecule has 3 aromatic rings. The average Bonchev–Trinajstić information content (AvgIpc) is 2.81. The Morgan fingerprint density at radius 3 is 2.55 bits per heavy atom. The third-order valence-electron chi connectivity index (χ3n) is 4.41. The lowest BCUT2D eigenvalue weighted by Gasteiger charge is -2.11. The highest BCUT2D eigenvalue weighted by molar-refractivity contribution is 5.72. The van der Waals surface area contributed by atoms with Gasteiger partial charge in [0.1, 0.15) is 0 Å². The molecule has 0 fully saturated rings. The van der Waals surface area contributed by atoms with Crippen molar-refractivity contribution < 1.29 is 28.7 Å². The molecule has 0 aliphatic carbocycles. The topological polar surface area (TPSA) is 162 Å². The zero-order valence-electron chi connectivity index (χ0n) is 17.9. The SMILES string of the molecule is COc1cnc(-c2cc(CCOCc3cccc(OC(N)=O)n3)cc([N+](=O)[O-])c2OC)nc1. The highest BCUT2D eigenvalue weighted by atomic mass is 16.6. The van der Waals surface area contributed by atoms with E-state index in [2.05, 4.69) is 15.0 Å². The number of nitrogens with two attached hydrogens (primary N) is 1. The summed E-state index contributed by atoms with van der Waals surface area (Å²) in [7, 11) is 2.84. The summed E-state index contributed by atoms with van der Waals surface area (Å²) < 4.78 is 20.7. The van der Waals surface area contributed by atoms with Crippen molar-refractivity contribution >= 4 is 11.8 Å². The highest BCUT2D eigenvalue weighted by Gasteiger charge is 2.23. The Hall–Kier alpha value is -4.32. The lowest BCUT2D eigenvalue weighted by atomic mass is 10.0. The summed E-state index contributed by atoms with van der Waals surface area (Å²) in [5.74, 6) is 0.841. The smallest absolute Gasteiger partial charge is 0.411 e. The number of nitro benzene ring substituents is 1. The maximum absolute atomic E-state index is 11.6. The molecule has 0 bridgehead atoms. The van der Waals surface area contributed by atoms with E-state index in [1.165, 1.54) is 38.7 Å². The number of carbonyl (C=O) groups is 1. The fraction of sp³-hybridized carbons (Fsp3) is 0.238. The molecule has 1 amide bonds. The van der Waals surface area contributed by atoms with Crippen molar-refractivity contribution in [1.82, 2.24) is 15.0 Å². The molecule has 3 rings (SSSR count). The molecule has 0 saturated heterocycles. The molecule has 12 nitrogen and oxygen atoms in total. The van der Waals surface area contributed by atoms with Gasteiger partial charge < -0.3 is 24.7 Å². The second kappa shape index (κ2) is 10.8. The first-order valence-electron chi connectivity index (χ1n) is 9.64. The van der Waals surface area contributed by atoms with Gasteiger partial charge in [0.15, 0.2) is 11.6 Å². The minimum absolute atomic E-state index is 0.0605. The lowest BCUT2D eigenvalue weighted by Crippen LogP contribution is -2.17. The van der Waals surface area contributed by atoms with Crippen LogP contribution in [0.1, 0.15) is 11.3 Å². The van der Waals surface area contributed by atoms with E-state index < -0.39 is 11.0 Å². The molecule has 12 heteroatoms. The number of ether oxygens (including phenoxy) is 4. The number of hydrogen-bond acceptors (Lipinski definition) is 10. The Kier molecular flexibility index (Phi) is 7.65. The first-order chi connectivity index (χ1) is 15.9. The number of primary amides is 1. The largest absolute Gasteiger partial charge is 0.494 e. The number of nitro groups is 1. The number of carbonyl (C=O) groups excluding carboxylic acids is 1. The minimum atomic E-state index is -0.960. The predicted octanol–water partition coefficient (Wildman–Crippen LogP) is 2.68. The van der Waals surface area contributed by atoms with E-state index >= 15 is 0 Å². The summed E-state index contributed by atoms with van der Waals surface area (Å²) >= 11 is 0. The molecular formula is C21H21N5O7. The molecular weight excluding hydrogens is 434 g/mol. The van der Waals surface area contributed by atoms with Crippen LogP contribution in [-0.2, 0) is 17.8 Å². The maximum atomic E-state index is 11.6. The number of pyridine rings is 1. The van der Waals surface area contributed by atoms with Crippen LogP contribution in [0.25, 0.3) is 11.4 Å². The first kappa shape index (κ1) is 23.3. The van der Waals surface area contributed by atoms with Crippen molar-refractivity contribution in [2.75, 3.05) is 20.8 Å². The van der Waals surface area contributed by atoms with Gasteiger partial charge in [-0.15, -0.1) is 0 Å². The zero-order chi connectivity index (χ0) is 23.8. The molecule has 0 aliphatic rings. The van der Waals surface area contributed by atoms with Crippen molar-refractivity contribution in [2.45, 2.75) is 13.0 Å². The molecule has 33 heavy (non-hydrogen) atoms. The standard InChI is InChI=1S/C21H21N5O7/c1-30-15-10-23-20(24-11-15)16-8-13(9-17(26(28)29)19(16)31-2)6-7-32-12-14-4-3-5-18(25-14)33-21(22)27/h3-5,8-11H,6-7,12H2,1-2H3,(H2,22,27). The normalized spacial score (nSPS) is 10.5. The van der Waals surface area contributed by atoms with E-state index in [4.69, 9.17) is 24.7 Å². The van der Waals surface area contributed by atoms with E-state index in [0.717, 1.165) is 0 Å². The maximum Gasteiger partial charge on any atom is 0.411 e. The highest BCUT2D eigenvalue weighted by Crippen LogP contribution is 2.38. The number of hydrogen-bond donors (Lipinski definition) is 1. The summed E-state index contributed by atoms with van der Waals surface area (Å²) in [4.78, 5) is 34.5. The van der Waals surface area contributed by atoms with E-state index in [1.807, 2.05) is 0 Å². The molecule has 0 spiro atoms. The van der Waals surface area contributed by atoms with E-state index in [9.17, 15) is 14.9 Å². The van der Waals surface area contributed by atoms with Crippen molar-refractivity contribution in [1.29, 1.82) is 0 Å². The fourth-order valence-corrected chi connectivity index (χ4v) is 2.96. The number of amides is 1. The van der Waals surface area contributed by atoms with E-state index in [1.54, 1.807) is 18.2 Å². The predicted molar refractivity (Wildman–Crippen MR) is 115 cm³/mol. The van der Waals surface area contributed by atoms with Gasteiger partial charge in [-0.05, 0) is 24.1 Å². The van der Waals surface area contributed by atoms with Crippen LogP contribution in [0, 0.1) is 10.1 Å². The molecule has 0 aliphatic heterocycles. The van der Waals surface area contributed by atoms with Gasteiger partial charge in [0.2, 0.25) is 11.6 Å². The third kappa shape index (κ3) is 6.11. The average molecular weight is 455 g/mol. The second-order valence-corrected chi connectivity index (χ2v) is 6.59. The summed E-state index contributed by atoms with van der Waals surface area (Å²) in [6, 6.07) is 7.99. The van der Waals surface area contributed by atoms with Crippen molar-refractivity contribution in [3.63, 3.8) is 0 Å². The number of aromatic nitrogens is 3. The molecule has 0 unspecified atom stereocenters. The van der Waals surface area contributed by atoms with Crippen LogP contribution >= 0.6 is 0 Å². The van der Waals surface area contributed by atoms with Gasteiger partial charge >= 0.3 is 11.8 Å². The quantitative estimate of drug-likeness (QED) is 0.273. The fourth-order valence-electron chi connectivity index (χ4n) is 2.96. The first-order valence-corrected chi connectivity index (χ1v) is 9.64. The molecule has 172 valence electrons. The molecule has 2 aromatic heterocycles. The van der Waals surface area contributed by atoms with Gasteiger partial charge in [0, 0.05) is 12.1 Å². The van der Waals surface area contributed by atoms with Gasteiger partial charge in [-0.25, -0.2) is 19.7 Å². The van der Waals surface area contributed by atoms with Gasteiger partial charge in [-0.2, -0.15) is 0 Å². The van der Waals surface area contributed by atoms with Crippen LogP contribution in [0.4, 0.5) is 10.5 Å². The van der Waals surface area contributed by atoms with Crippen LogP contribution < -0.4 is 19.9 Å². The Labute approximate surface area is 188 Å².